The number of hydrogen-bond donors (Lipinski definition) is 1. The lowest BCUT2D eigenvalue weighted by molar-refractivity contribution is -0.385. The van der Waals surface area contributed by atoms with Gasteiger partial charge in [0.05, 0.1) is 10.5 Å². The molecule has 7 nitrogen and oxygen atoms in total. The molecule has 0 aliphatic carbocycles. The number of nitro benzene ring substituents is 1. The molecule has 1 amide bonds. The Morgan fingerprint density at radius 1 is 1.30 bits per heavy atom. The second-order valence-corrected chi connectivity index (χ2v) is 6.78. The van der Waals surface area contributed by atoms with E-state index in [0.717, 1.165) is 5.01 Å². The molecule has 0 aliphatic heterocycles. The second kappa shape index (κ2) is 6.66. The summed E-state index contributed by atoms with van der Waals surface area (Å²) in [4.78, 5) is 22.3. The van der Waals surface area contributed by atoms with Crippen LogP contribution in [0.25, 0.3) is 6.08 Å². The first kappa shape index (κ1) is 16.8. The third-order valence-electron chi connectivity index (χ3n) is 2.84. The molecule has 0 saturated heterocycles. The zero-order valence-electron chi connectivity index (χ0n) is 12.9. The fraction of sp³-hybridized carbons (Fsp3) is 0.267. The highest BCUT2D eigenvalue weighted by Crippen LogP contribution is 2.27. The topological polar surface area (TPSA) is 98.0 Å². The minimum Gasteiger partial charge on any atom is -0.297 e. The van der Waals surface area contributed by atoms with Crippen molar-refractivity contribution in [2.75, 3.05) is 5.32 Å². The molecule has 0 unspecified atom stereocenters. The Bertz CT molecular complexity index is 762. The van der Waals surface area contributed by atoms with Crippen molar-refractivity contribution < 1.29 is 9.72 Å². The third kappa shape index (κ3) is 4.43. The smallest absolute Gasteiger partial charge is 0.276 e. The molecular formula is C15H16N4O3S. The Kier molecular flexibility index (Phi) is 4.85. The summed E-state index contributed by atoms with van der Waals surface area (Å²) in [6.45, 7) is 6.02. The second-order valence-electron chi connectivity index (χ2n) is 5.80. The molecule has 1 N–H and O–H groups in total. The number of carbonyl (C=O) groups excluding carboxylic acids is 1. The van der Waals surface area contributed by atoms with Crippen molar-refractivity contribution in [2.45, 2.75) is 26.2 Å². The number of amides is 1. The van der Waals surface area contributed by atoms with Gasteiger partial charge in [0.2, 0.25) is 11.0 Å². The Hall–Kier alpha value is -2.61. The van der Waals surface area contributed by atoms with Gasteiger partial charge in [-0.25, -0.2) is 0 Å². The van der Waals surface area contributed by atoms with E-state index in [2.05, 4.69) is 15.5 Å². The van der Waals surface area contributed by atoms with Crippen LogP contribution in [0, 0.1) is 10.1 Å². The molecule has 0 bridgehead atoms. The molecular weight excluding hydrogens is 316 g/mol. The van der Waals surface area contributed by atoms with Gasteiger partial charge in [0.25, 0.3) is 5.69 Å². The highest BCUT2D eigenvalue weighted by Gasteiger charge is 2.19. The molecule has 0 aliphatic rings. The van der Waals surface area contributed by atoms with Crippen molar-refractivity contribution in [3.8, 4) is 0 Å². The van der Waals surface area contributed by atoms with Crippen LogP contribution in [-0.4, -0.2) is 21.0 Å². The lowest BCUT2D eigenvalue weighted by atomic mass is 9.98. The van der Waals surface area contributed by atoms with Gasteiger partial charge in [0.15, 0.2) is 0 Å². The molecule has 0 fully saturated rings. The van der Waals surface area contributed by atoms with Crippen LogP contribution in [0.15, 0.2) is 30.3 Å². The van der Waals surface area contributed by atoms with Gasteiger partial charge in [-0.05, 0) is 12.1 Å². The number of anilines is 1. The monoisotopic (exact) mass is 332 g/mol. The SMILES string of the molecule is CC(C)(C)c1nnc(NC(=O)C=Cc2ccccc2[N+](=O)[O-])s1. The summed E-state index contributed by atoms with van der Waals surface area (Å²) in [5.41, 5.74) is 0.170. The van der Waals surface area contributed by atoms with Gasteiger partial charge in [0, 0.05) is 17.6 Å². The fourth-order valence-electron chi connectivity index (χ4n) is 1.68. The normalized spacial score (nSPS) is 11.6. The van der Waals surface area contributed by atoms with Gasteiger partial charge in [-0.15, -0.1) is 10.2 Å². The Morgan fingerprint density at radius 3 is 2.61 bits per heavy atom. The molecule has 1 heterocycles. The van der Waals surface area contributed by atoms with Gasteiger partial charge in [-0.2, -0.15) is 0 Å². The average molecular weight is 332 g/mol. The molecule has 2 rings (SSSR count). The molecule has 120 valence electrons. The first-order valence-corrected chi connectivity index (χ1v) is 7.65. The maximum atomic E-state index is 11.9. The molecule has 2 aromatic rings. The lowest BCUT2D eigenvalue weighted by Crippen LogP contribution is -2.10. The number of hydrogen-bond acceptors (Lipinski definition) is 6. The maximum absolute atomic E-state index is 11.9. The van der Waals surface area contributed by atoms with Gasteiger partial charge >= 0.3 is 0 Å². The van der Waals surface area contributed by atoms with Crippen LogP contribution >= 0.6 is 11.3 Å². The van der Waals surface area contributed by atoms with E-state index < -0.39 is 10.8 Å². The standard InChI is InChI=1S/C15H16N4O3S/c1-15(2,3)13-17-18-14(23-13)16-12(20)9-8-10-6-4-5-7-11(10)19(21)22/h4-9H,1-3H3,(H,16,18,20). The predicted octanol–water partition coefficient (Wildman–Crippen LogP) is 3.40. The van der Waals surface area contributed by atoms with Crippen LogP contribution in [0.2, 0.25) is 0 Å². The largest absolute Gasteiger partial charge is 0.297 e. The number of aromatic nitrogens is 2. The summed E-state index contributed by atoms with van der Waals surface area (Å²) in [6.07, 6.45) is 2.64. The summed E-state index contributed by atoms with van der Waals surface area (Å²) < 4.78 is 0. The summed E-state index contributed by atoms with van der Waals surface area (Å²) in [5, 5.41) is 22.7. The van der Waals surface area contributed by atoms with Gasteiger partial charge in [-0.3, -0.25) is 20.2 Å². The highest BCUT2D eigenvalue weighted by molar-refractivity contribution is 7.15. The lowest BCUT2D eigenvalue weighted by Gasteiger charge is -2.12. The van der Waals surface area contributed by atoms with E-state index in [9.17, 15) is 14.9 Å². The number of benzene rings is 1. The van der Waals surface area contributed by atoms with Crippen molar-refractivity contribution in [2.24, 2.45) is 0 Å². The maximum Gasteiger partial charge on any atom is 0.276 e. The van der Waals surface area contributed by atoms with E-state index in [1.165, 1.54) is 29.6 Å². The zero-order valence-corrected chi connectivity index (χ0v) is 13.8. The van der Waals surface area contributed by atoms with E-state index in [-0.39, 0.29) is 11.1 Å². The van der Waals surface area contributed by atoms with Crippen molar-refractivity contribution in [1.29, 1.82) is 0 Å². The molecule has 8 heteroatoms. The summed E-state index contributed by atoms with van der Waals surface area (Å²) in [5.74, 6) is -0.417. The van der Waals surface area contributed by atoms with Crippen LogP contribution in [0.4, 0.5) is 10.8 Å². The van der Waals surface area contributed by atoms with Crippen molar-refractivity contribution in [3.63, 3.8) is 0 Å². The van der Waals surface area contributed by atoms with Crippen molar-refractivity contribution in [1.82, 2.24) is 10.2 Å². The Balaban J connectivity index is 2.08. The minimum atomic E-state index is -0.488. The minimum absolute atomic E-state index is 0.0533. The van der Waals surface area contributed by atoms with Crippen LogP contribution < -0.4 is 5.32 Å². The van der Waals surface area contributed by atoms with Crippen LogP contribution in [0.1, 0.15) is 31.3 Å². The molecule has 0 atom stereocenters. The van der Waals surface area contributed by atoms with Gasteiger partial charge in [0.1, 0.15) is 5.01 Å². The summed E-state index contributed by atoms with van der Waals surface area (Å²) >= 11 is 1.30. The molecule has 1 aromatic heterocycles. The number of carbonyl (C=O) groups is 1. The number of para-hydroxylation sites is 1. The molecule has 23 heavy (non-hydrogen) atoms. The number of nitrogens with zero attached hydrogens (tertiary/aromatic N) is 3. The van der Waals surface area contributed by atoms with Crippen molar-refractivity contribution >= 4 is 34.1 Å². The van der Waals surface area contributed by atoms with Crippen LogP contribution in [-0.2, 0) is 10.2 Å². The molecule has 1 aromatic carbocycles. The van der Waals surface area contributed by atoms with E-state index in [0.29, 0.717) is 10.7 Å². The highest BCUT2D eigenvalue weighted by atomic mass is 32.1. The summed E-state index contributed by atoms with van der Waals surface area (Å²) in [7, 11) is 0. The molecule has 0 saturated carbocycles. The Morgan fingerprint density at radius 2 is 2.00 bits per heavy atom. The van der Waals surface area contributed by atoms with Crippen LogP contribution in [0.3, 0.4) is 0 Å². The summed E-state index contributed by atoms with van der Waals surface area (Å²) in [6, 6.07) is 6.21. The first-order chi connectivity index (χ1) is 10.8. The quantitative estimate of drug-likeness (QED) is 0.525. The number of nitro groups is 1. The number of rotatable bonds is 4. The van der Waals surface area contributed by atoms with Gasteiger partial charge < -0.3 is 0 Å². The Labute approximate surface area is 137 Å². The van der Waals surface area contributed by atoms with E-state index in [4.69, 9.17) is 0 Å². The molecule has 0 spiro atoms. The van der Waals surface area contributed by atoms with E-state index in [1.54, 1.807) is 18.2 Å². The third-order valence-corrected chi connectivity index (χ3v) is 4.11. The fourth-order valence-corrected chi connectivity index (χ4v) is 2.49. The van der Waals surface area contributed by atoms with E-state index >= 15 is 0 Å². The van der Waals surface area contributed by atoms with Crippen LogP contribution in [0.5, 0.6) is 0 Å². The van der Waals surface area contributed by atoms with E-state index in [1.807, 2.05) is 20.8 Å². The number of nitrogens with one attached hydrogen (secondary N) is 1. The first-order valence-electron chi connectivity index (χ1n) is 6.84. The average Bonchev–Trinajstić information content (AvgIpc) is 2.94. The predicted molar refractivity (Wildman–Crippen MR) is 89.4 cm³/mol. The van der Waals surface area contributed by atoms with Gasteiger partial charge in [-0.1, -0.05) is 44.2 Å². The zero-order chi connectivity index (χ0) is 17.0. The van der Waals surface area contributed by atoms with Crippen molar-refractivity contribution in [3.05, 3.63) is 51.0 Å². The molecule has 0 radical (unpaired) electrons.